The van der Waals surface area contributed by atoms with Crippen LogP contribution in [0.2, 0.25) is 0 Å². The first kappa shape index (κ1) is 21.0. The molecule has 0 saturated heterocycles. The number of nitrogens with zero attached hydrogens (tertiary/aromatic N) is 2. The average Bonchev–Trinajstić information content (AvgIpc) is 2.75. The monoisotopic (exact) mass is 464 g/mol. The predicted octanol–water partition coefficient (Wildman–Crippen LogP) is 4.27. The van der Waals surface area contributed by atoms with Crippen molar-refractivity contribution in [2.24, 2.45) is 0 Å². The molecule has 3 rings (SSSR count). The summed E-state index contributed by atoms with van der Waals surface area (Å²) in [6.45, 7) is 1.59. The normalized spacial score (nSPS) is 11.1. The van der Waals surface area contributed by atoms with Crippen molar-refractivity contribution in [1.29, 1.82) is 5.26 Å². The van der Waals surface area contributed by atoms with Crippen molar-refractivity contribution in [3.63, 3.8) is 0 Å². The Morgan fingerprint density at radius 1 is 1.10 bits per heavy atom. The Morgan fingerprint density at radius 3 is 2.50 bits per heavy atom. The molecule has 0 saturated carbocycles. The summed E-state index contributed by atoms with van der Waals surface area (Å²) >= 11 is 3.31. The van der Waals surface area contributed by atoms with Gasteiger partial charge in [-0.15, -0.1) is 0 Å². The fourth-order valence-electron chi connectivity index (χ4n) is 2.47. The molecule has 7 nitrogen and oxygen atoms in total. The fourth-order valence-corrected chi connectivity index (χ4v) is 2.74. The molecule has 2 amide bonds. The van der Waals surface area contributed by atoms with Crippen LogP contribution in [-0.2, 0) is 4.79 Å². The van der Waals surface area contributed by atoms with Crippen molar-refractivity contribution in [2.75, 3.05) is 5.32 Å². The number of pyridine rings is 1. The number of amides is 2. The van der Waals surface area contributed by atoms with Gasteiger partial charge in [-0.2, -0.15) is 5.26 Å². The number of nitrogens with one attached hydrogen (secondary N) is 2. The van der Waals surface area contributed by atoms with Crippen molar-refractivity contribution >= 4 is 33.4 Å². The van der Waals surface area contributed by atoms with Crippen LogP contribution in [0.5, 0.6) is 11.6 Å². The number of benzene rings is 2. The van der Waals surface area contributed by atoms with E-state index < -0.39 is 6.04 Å². The molecule has 1 aromatic heterocycles. The first-order valence-corrected chi connectivity index (χ1v) is 9.76. The number of aromatic nitrogens is 1. The highest BCUT2D eigenvalue weighted by Crippen LogP contribution is 2.23. The van der Waals surface area contributed by atoms with E-state index in [9.17, 15) is 9.59 Å². The molecule has 1 heterocycles. The molecule has 2 N–H and O–H groups in total. The quantitative estimate of drug-likeness (QED) is 0.566. The van der Waals surface area contributed by atoms with E-state index in [4.69, 9.17) is 10.00 Å². The maximum atomic E-state index is 12.4. The Morgan fingerprint density at radius 2 is 1.83 bits per heavy atom. The van der Waals surface area contributed by atoms with Crippen LogP contribution in [0.15, 0.2) is 71.3 Å². The Balaban J connectivity index is 1.58. The van der Waals surface area contributed by atoms with E-state index in [0.717, 1.165) is 4.47 Å². The second kappa shape index (κ2) is 9.67. The second-order valence-electron chi connectivity index (χ2n) is 6.29. The van der Waals surface area contributed by atoms with Gasteiger partial charge in [-0.05, 0) is 49.4 Å². The third-order valence-electron chi connectivity index (χ3n) is 4.07. The number of carbonyl (C=O) groups is 2. The van der Waals surface area contributed by atoms with Crippen molar-refractivity contribution in [1.82, 2.24) is 10.3 Å². The van der Waals surface area contributed by atoms with Crippen molar-refractivity contribution in [2.45, 2.75) is 13.0 Å². The lowest BCUT2D eigenvalue weighted by Crippen LogP contribution is -2.41. The number of nitriles is 1. The topological polar surface area (TPSA) is 104 Å². The van der Waals surface area contributed by atoms with Crippen molar-refractivity contribution in [3.05, 3.63) is 82.5 Å². The number of halogens is 1. The molecule has 30 heavy (non-hydrogen) atoms. The smallest absolute Gasteiger partial charge is 0.251 e. The van der Waals surface area contributed by atoms with Crippen molar-refractivity contribution in [3.8, 4) is 17.7 Å². The average molecular weight is 465 g/mol. The maximum absolute atomic E-state index is 12.4. The van der Waals surface area contributed by atoms with Gasteiger partial charge in [0.1, 0.15) is 17.9 Å². The molecule has 0 bridgehead atoms. The lowest BCUT2D eigenvalue weighted by Gasteiger charge is -2.14. The van der Waals surface area contributed by atoms with Gasteiger partial charge in [-0.1, -0.05) is 28.1 Å². The molecule has 0 aliphatic carbocycles. The van der Waals surface area contributed by atoms with E-state index in [2.05, 4.69) is 31.5 Å². The van der Waals surface area contributed by atoms with E-state index in [-0.39, 0.29) is 17.7 Å². The molecule has 0 unspecified atom stereocenters. The zero-order valence-electron chi connectivity index (χ0n) is 15.9. The van der Waals surface area contributed by atoms with Gasteiger partial charge < -0.3 is 15.4 Å². The summed E-state index contributed by atoms with van der Waals surface area (Å²) in [6.07, 6.45) is 1.44. The standard InChI is InChI=1S/C22H17BrN4O3/c1-14(26-22(29)15-6-8-17(23)9-7-15)21(28)27-18-10-11-20(25-13-18)30-19-5-3-2-4-16(19)12-24/h2-11,13-14H,1H3,(H,26,29)(H,27,28)/t14-/m1/s1. The lowest BCUT2D eigenvalue weighted by molar-refractivity contribution is -0.117. The van der Waals surface area contributed by atoms with E-state index in [1.165, 1.54) is 6.20 Å². The first-order valence-electron chi connectivity index (χ1n) is 8.96. The van der Waals surface area contributed by atoms with Gasteiger partial charge in [-0.25, -0.2) is 4.98 Å². The summed E-state index contributed by atoms with van der Waals surface area (Å²) in [5.41, 5.74) is 1.30. The molecule has 0 aliphatic heterocycles. The molecule has 150 valence electrons. The third-order valence-corrected chi connectivity index (χ3v) is 4.60. The number of anilines is 1. The fraction of sp³-hybridized carbons (Fsp3) is 0.0909. The summed E-state index contributed by atoms with van der Waals surface area (Å²) in [6, 6.07) is 18.2. The number of para-hydroxylation sites is 1. The van der Waals surface area contributed by atoms with Gasteiger partial charge in [0, 0.05) is 16.1 Å². The van der Waals surface area contributed by atoms with Crippen LogP contribution in [-0.4, -0.2) is 22.8 Å². The van der Waals surface area contributed by atoms with Crippen LogP contribution in [0.1, 0.15) is 22.8 Å². The highest BCUT2D eigenvalue weighted by atomic mass is 79.9. The van der Waals surface area contributed by atoms with Crippen LogP contribution in [0.25, 0.3) is 0 Å². The Hall–Kier alpha value is -3.70. The first-order chi connectivity index (χ1) is 14.5. The molecule has 1 atom stereocenters. The highest BCUT2D eigenvalue weighted by molar-refractivity contribution is 9.10. The zero-order valence-corrected chi connectivity index (χ0v) is 17.5. The summed E-state index contributed by atoms with van der Waals surface area (Å²) in [4.78, 5) is 28.7. The molecule has 0 fully saturated rings. The number of hydrogen-bond donors (Lipinski definition) is 2. The Bertz CT molecular complexity index is 1090. The van der Waals surface area contributed by atoms with E-state index in [1.54, 1.807) is 67.6 Å². The summed E-state index contributed by atoms with van der Waals surface area (Å²) in [5, 5.41) is 14.4. The van der Waals surface area contributed by atoms with E-state index in [0.29, 0.717) is 22.6 Å². The highest BCUT2D eigenvalue weighted by Gasteiger charge is 2.17. The number of rotatable bonds is 6. The molecular formula is C22H17BrN4O3. The SMILES string of the molecule is C[C@@H](NC(=O)c1ccc(Br)cc1)C(=O)Nc1ccc(Oc2ccccc2C#N)nc1. The Kier molecular flexibility index (Phi) is 6.78. The van der Waals surface area contributed by atoms with Crippen LogP contribution in [0, 0.1) is 11.3 Å². The molecule has 2 aromatic carbocycles. The molecule has 0 aliphatic rings. The molecule has 8 heteroatoms. The van der Waals surface area contributed by atoms with Crippen LogP contribution in [0.3, 0.4) is 0 Å². The third kappa shape index (κ3) is 5.43. The van der Waals surface area contributed by atoms with Gasteiger partial charge in [0.25, 0.3) is 5.91 Å². The van der Waals surface area contributed by atoms with Gasteiger partial charge >= 0.3 is 0 Å². The largest absolute Gasteiger partial charge is 0.438 e. The number of ether oxygens (including phenoxy) is 1. The van der Waals surface area contributed by atoms with Crippen LogP contribution < -0.4 is 15.4 Å². The lowest BCUT2D eigenvalue weighted by atomic mass is 10.2. The predicted molar refractivity (Wildman–Crippen MR) is 115 cm³/mol. The number of hydrogen-bond acceptors (Lipinski definition) is 5. The maximum Gasteiger partial charge on any atom is 0.251 e. The molecular weight excluding hydrogens is 448 g/mol. The van der Waals surface area contributed by atoms with Gasteiger partial charge in [0.05, 0.1) is 17.4 Å². The van der Waals surface area contributed by atoms with Gasteiger partial charge in [0.2, 0.25) is 11.8 Å². The van der Waals surface area contributed by atoms with Crippen LogP contribution in [0.4, 0.5) is 5.69 Å². The van der Waals surface area contributed by atoms with E-state index in [1.807, 2.05) is 6.07 Å². The summed E-state index contributed by atoms with van der Waals surface area (Å²) < 4.78 is 6.47. The minimum absolute atomic E-state index is 0.285. The molecule has 0 spiro atoms. The zero-order chi connectivity index (χ0) is 21.5. The number of carbonyl (C=O) groups excluding carboxylic acids is 2. The minimum atomic E-state index is -0.750. The van der Waals surface area contributed by atoms with E-state index >= 15 is 0 Å². The van der Waals surface area contributed by atoms with Gasteiger partial charge in [-0.3, -0.25) is 9.59 Å². The molecule has 3 aromatic rings. The van der Waals surface area contributed by atoms with Gasteiger partial charge in [0.15, 0.2) is 0 Å². The minimum Gasteiger partial charge on any atom is -0.438 e. The second-order valence-corrected chi connectivity index (χ2v) is 7.20. The summed E-state index contributed by atoms with van der Waals surface area (Å²) in [7, 11) is 0. The molecule has 0 radical (unpaired) electrons. The Labute approximate surface area is 181 Å². The van der Waals surface area contributed by atoms with Crippen LogP contribution >= 0.6 is 15.9 Å². The summed E-state index contributed by atoms with van der Waals surface area (Å²) in [5.74, 6) is -0.0465. The van der Waals surface area contributed by atoms with Crippen molar-refractivity contribution < 1.29 is 14.3 Å².